The highest BCUT2D eigenvalue weighted by Gasteiger charge is 2.22. The number of nitrogens with zero attached hydrogens (tertiary/aromatic N) is 1. The zero-order valence-corrected chi connectivity index (χ0v) is 16.4. The number of rotatable bonds is 6. The average Bonchev–Trinajstić information content (AvgIpc) is 3.41. The molecular weight excluding hydrogens is 388 g/mol. The Labute approximate surface area is 169 Å². The molecule has 1 aromatic heterocycles. The number of anilines is 1. The SMILES string of the molecule is O=C(C=Cc1ccc(S(=O)(=O)NCc2ccco2)cc1)N1CCc2ccccc21. The Kier molecular flexibility index (Phi) is 5.33. The second-order valence-electron chi connectivity index (χ2n) is 6.67. The molecule has 0 fully saturated rings. The number of furan rings is 1. The van der Waals surface area contributed by atoms with E-state index in [4.69, 9.17) is 4.42 Å². The van der Waals surface area contributed by atoms with Crippen LogP contribution in [0.15, 0.2) is 82.3 Å². The molecule has 0 aliphatic carbocycles. The molecule has 2 heterocycles. The van der Waals surface area contributed by atoms with E-state index >= 15 is 0 Å². The van der Waals surface area contributed by atoms with Crippen LogP contribution in [-0.2, 0) is 27.8 Å². The molecule has 1 aliphatic heterocycles. The molecule has 6 nitrogen and oxygen atoms in total. The van der Waals surface area contributed by atoms with Gasteiger partial charge in [0, 0.05) is 18.3 Å². The molecule has 3 aromatic rings. The molecule has 0 radical (unpaired) electrons. The number of nitrogens with one attached hydrogen (secondary N) is 1. The summed E-state index contributed by atoms with van der Waals surface area (Å²) in [5, 5.41) is 0. The van der Waals surface area contributed by atoms with Gasteiger partial charge in [-0.2, -0.15) is 0 Å². The third kappa shape index (κ3) is 4.31. The van der Waals surface area contributed by atoms with E-state index in [9.17, 15) is 13.2 Å². The molecule has 29 heavy (non-hydrogen) atoms. The Bertz CT molecular complexity index is 1130. The highest BCUT2D eigenvalue weighted by atomic mass is 32.2. The molecule has 0 spiro atoms. The Hall–Kier alpha value is -3.16. The number of carbonyl (C=O) groups excluding carboxylic acids is 1. The molecule has 0 saturated carbocycles. The largest absolute Gasteiger partial charge is 0.468 e. The first kappa shape index (κ1) is 19.2. The van der Waals surface area contributed by atoms with Gasteiger partial charge in [-0.25, -0.2) is 13.1 Å². The fourth-order valence-corrected chi connectivity index (χ4v) is 4.24. The van der Waals surface area contributed by atoms with Gasteiger partial charge in [-0.05, 0) is 54.0 Å². The zero-order chi connectivity index (χ0) is 20.3. The molecule has 148 valence electrons. The van der Waals surface area contributed by atoms with Gasteiger partial charge < -0.3 is 9.32 Å². The summed E-state index contributed by atoms with van der Waals surface area (Å²) in [4.78, 5) is 14.4. The lowest BCUT2D eigenvalue weighted by Gasteiger charge is -2.14. The van der Waals surface area contributed by atoms with Crippen molar-refractivity contribution >= 4 is 27.7 Å². The summed E-state index contributed by atoms with van der Waals surface area (Å²) < 4.78 is 32.4. The average molecular weight is 408 g/mol. The maximum Gasteiger partial charge on any atom is 0.251 e. The molecule has 2 aromatic carbocycles. The van der Waals surface area contributed by atoms with E-state index in [-0.39, 0.29) is 17.3 Å². The third-order valence-corrected chi connectivity index (χ3v) is 6.20. The van der Waals surface area contributed by atoms with Gasteiger partial charge in [0.05, 0.1) is 17.7 Å². The minimum absolute atomic E-state index is 0.0861. The molecule has 0 bridgehead atoms. The number of para-hydroxylation sites is 1. The Balaban J connectivity index is 1.41. The summed E-state index contributed by atoms with van der Waals surface area (Å²) >= 11 is 0. The molecular formula is C22H20N2O4S. The summed E-state index contributed by atoms with van der Waals surface area (Å²) in [6, 6.07) is 17.6. The van der Waals surface area contributed by atoms with Crippen molar-refractivity contribution in [3.63, 3.8) is 0 Å². The third-order valence-electron chi connectivity index (χ3n) is 4.78. The summed E-state index contributed by atoms with van der Waals surface area (Å²) in [6.45, 7) is 0.754. The number of hydrogen-bond donors (Lipinski definition) is 1. The van der Waals surface area contributed by atoms with Crippen LogP contribution in [0.1, 0.15) is 16.9 Å². The highest BCUT2D eigenvalue weighted by molar-refractivity contribution is 7.89. The Morgan fingerprint density at radius 3 is 2.62 bits per heavy atom. The quantitative estimate of drug-likeness (QED) is 0.635. The predicted octanol–water partition coefficient (Wildman–Crippen LogP) is 3.36. The number of benzene rings is 2. The van der Waals surface area contributed by atoms with Gasteiger partial charge in [0.2, 0.25) is 10.0 Å². The van der Waals surface area contributed by atoms with E-state index in [2.05, 4.69) is 4.72 Å². The second kappa shape index (κ2) is 8.06. The van der Waals surface area contributed by atoms with E-state index in [1.807, 2.05) is 24.3 Å². The fourth-order valence-electron chi connectivity index (χ4n) is 3.25. The molecule has 0 saturated heterocycles. The van der Waals surface area contributed by atoms with Crippen LogP contribution in [0.25, 0.3) is 6.08 Å². The standard InChI is InChI=1S/C22H20N2O4S/c25-22(24-14-13-18-4-1-2-6-21(18)24)12-9-17-7-10-20(11-8-17)29(26,27)23-16-19-5-3-15-28-19/h1-12,15,23H,13-14,16H2. The van der Waals surface area contributed by atoms with Crippen LogP contribution in [0.3, 0.4) is 0 Å². The normalized spacial score (nSPS) is 13.7. The first-order valence-electron chi connectivity index (χ1n) is 9.22. The lowest BCUT2D eigenvalue weighted by Crippen LogP contribution is -2.26. The van der Waals surface area contributed by atoms with Crippen molar-refractivity contribution in [2.75, 3.05) is 11.4 Å². The van der Waals surface area contributed by atoms with Crippen LogP contribution >= 0.6 is 0 Å². The van der Waals surface area contributed by atoms with Crippen molar-refractivity contribution in [2.24, 2.45) is 0 Å². The van der Waals surface area contributed by atoms with Crippen molar-refractivity contribution in [2.45, 2.75) is 17.9 Å². The van der Waals surface area contributed by atoms with E-state index in [0.717, 1.165) is 17.7 Å². The number of sulfonamides is 1. The summed E-state index contributed by atoms with van der Waals surface area (Å²) in [6.07, 6.45) is 5.55. The van der Waals surface area contributed by atoms with Crippen LogP contribution in [0.4, 0.5) is 5.69 Å². The highest BCUT2D eigenvalue weighted by Crippen LogP contribution is 2.27. The summed E-state index contributed by atoms with van der Waals surface area (Å²) in [5.41, 5.74) is 2.87. The first-order valence-corrected chi connectivity index (χ1v) is 10.7. The molecule has 1 N–H and O–H groups in total. The summed E-state index contributed by atoms with van der Waals surface area (Å²) in [7, 11) is -3.64. The lowest BCUT2D eigenvalue weighted by molar-refractivity contribution is -0.114. The Morgan fingerprint density at radius 2 is 1.86 bits per heavy atom. The number of hydrogen-bond acceptors (Lipinski definition) is 4. The minimum Gasteiger partial charge on any atom is -0.468 e. The van der Waals surface area contributed by atoms with E-state index in [1.165, 1.54) is 30.0 Å². The first-order chi connectivity index (χ1) is 14.0. The van der Waals surface area contributed by atoms with Gasteiger partial charge >= 0.3 is 0 Å². The number of fused-ring (bicyclic) bond motifs is 1. The van der Waals surface area contributed by atoms with Gasteiger partial charge in [-0.1, -0.05) is 30.3 Å². The molecule has 0 unspecified atom stereocenters. The van der Waals surface area contributed by atoms with Crippen molar-refractivity contribution in [1.82, 2.24) is 4.72 Å². The number of carbonyl (C=O) groups is 1. The van der Waals surface area contributed by atoms with E-state index < -0.39 is 10.0 Å². The van der Waals surface area contributed by atoms with Crippen molar-refractivity contribution in [3.05, 3.63) is 89.9 Å². The van der Waals surface area contributed by atoms with Crippen LogP contribution < -0.4 is 9.62 Å². The maximum atomic E-state index is 12.5. The van der Waals surface area contributed by atoms with Gasteiger partial charge in [-0.3, -0.25) is 4.79 Å². The monoisotopic (exact) mass is 408 g/mol. The van der Waals surface area contributed by atoms with Gasteiger partial charge in [0.15, 0.2) is 0 Å². The van der Waals surface area contributed by atoms with Crippen LogP contribution in [0.5, 0.6) is 0 Å². The predicted molar refractivity (Wildman–Crippen MR) is 111 cm³/mol. The van der Waals surface area contributed by atoms with Gasteiger partial charge in [0.1, 0.15) is 5.76 Å². The molecule has 1 amide bonds. The van der Waals surface area contributed by atoms with Crippen LogP contribution in [0.2, 0.25) is 0 Å². The van der Waals surface area contributed by atoms with Gasteiger partial charge in [-0.15, -0.1) is 0 Å². The van der Waals surface area contributed by atoms with Crippen molar-refractivity contribution in [1.29, 1.82) is 0 Å². The smallest absolute Gasteiger partial charge is 0.251 e. The van der Waals surface area contributed by atoms with Crippen LogP contribution in [0, 0.1) is 0 Å². The van der Waals surface area contributed by atoms with Crippen molar-refractivity contribution < 1.29 is 17.6 Å². The zero-order valence-electron chi connectivity index (χ0n) is 15.6. The second-order valence-corrected chi connectivity index (χ2v) is 8.44. The maximum absolute atomic E-state index is 12.5. The van der Waals surface area contributed by atoms with Crippen molar-refractivity contribution in [3.8, 4) is 0 Å². The summed E-state index contributed by atoms with van der Waals surface area (Å²) in [5.74, 6) is 0.446. The molecule has 0 atom stereocenters. The number of amides is 1. The molecule has 7 heteroatoms. The molecule has 4 rings (SSSR count). The topological polar surface area (TPSA) is 79.6 Å². The van der Waals surface area contributed by atoms with Gasteiger partial charge in [0.25, 0.3) is 5.91 Å². The van der Waals surface area contributed by atoms with E-state index in [0.29, 0.717) is 12.3 Å². The lowest BCUT2D eigenvalue weighted by atomic mass is 10.2. The van der Waals surface area contributed by atoms with E-state index in [1.54, 1.807) is 35.2 Å². The minimum atomic E-state index is -3.64. The fraction of sp³-hybridized carbons (Fsp3) is 0.136. The Morgan fingerprint density at radius 1 is 1.07 bits per heavy atom. The van der Waals surface area contributed by atoms with Crippen LogP contribution in [-0.4, -0.2) is 20.9 Å². The molecule has 1 aliphatic rings.